The summed E-state index contributed by atoms with van der Waals surface area (Å²) in [5.41, 5.74) is -7.37. The van der Waals surface area contributed by atoms with Crippen LogP contribution in [0.4, 0.5) is 26.3 Å². The van der Waals surface area contributed by atoms with Crippen molar-refractivity contribution < 1.29 is 38.9 Å². The van der Waals surface area contributed by atoms with E-state index < -0.39 is 38.8 Å². The predicted octanol–water partition coefficient (Wildman–Crippen LogP) is 8.27. The molecule has 0 saturated carbocycles. The number of hydrogen-bond acceptors (Lipinski definition) is 5. The Labute approximate surface area is 259 Å². The zero-order valence-electron chi connectivity index (χ0n) is 23.6. The summed E-state index contributed by atoms with van der Waals surface area (Å²) in [6.07, 6.45) is 5.35. The summed E-state index contributed by atoms with van der Waals surface area (Å²) >= 11 is 0. The lowest BCUT2D eigenvalue weighted by Gasteiger charge is -2.41. The molecule has 236 valence electrons. The molecule has 0 bridgehead atoms. The highest BCUT2D eigenvalue weighted by Gasteiger charge is 2.49. The summed E-state index contributed by atoms with van der Waals surface area (Å²) in [4.78, 5) is 4.01. The number of halogens is 6. The molecule has 2 aromatic heterocycles. The van der Waals surface area contributed by atoms with Gasteiger partial charge in [-0.05, 0) is 35.2 Å². The molecular formula is C33H23F6N3O3S. The van der Waals surface area contributed by atoms with Crippen LogP contribution in [0, 0.1) is 5.92 Å². The summed E-state index contributed by atoms with van der Waals surface area (Å²) in [6.45, 7) is 0. The second-order valence-electron chi connectivity index (χ2n) is 10.5. The first-order chi connectivity index (χ1) is 21.8. The van der Waals surface area contributed by atoms with Gasteiger partial charge < -0.3 is 4.18 Å². The normalized spacial score (nSPS) is 15.7. The Morgan fingerprint density at radius 2 is 1.48 bits per heavy atom. The van der Waals surface area contributed by atoms with Gasteiger partial charge in [-0.15, -0.1) is 0 Å². The van der Waals surface area contributed by atoms with Gasteiger partial charge in [0.2, 0.25) is 0 Å². The molecular weight excluding hydrogens is 632 g/mol. The summed E-state index contributed by atoms with van der Waals surface area (Å²) in [6, 6.07) is 22.6. The van der Waals surface area contributed by atoms with E-state index in [1.54, 1.807) is 36.4 Å². The van der Waals surface area contributed by atoms with Gasteiger partial charge in [0.15, 0.2) is 11.4 Å². The second-order valence-corrected chi connectivity index (χ2v) is 12.0. The van der Waals surface area contributed by atoms with Gasteiger partial charge in [-0.3, -0.25) is 9.67 Å². The Bertz CT molecular complexity index is 2020. The molecule has 0 saturated heterocycles. The number of aromatic nitrogens is 3. The van der Waals surface area contributed by atoms with Crippen LogP contribution >= 0.6 is 0 Å². The number of rotatable bonds is 7. The number of pyridine rings is 1. The van der Waals surface area contributed by atoms with Crippen LogP contribution in [0.1, 0.15) is 23.2 Å². The topological polar surface area (TPSA) is 74.1 Å². The Morgan fingerprint density at radius 1 is 0.826 bits per heavy atom. The lowest BCUT2D eigenvalue weighted by molar-refractivity contribution is -0.141. The molecule has 0 N–H and O–H groups in total. The van der Waals surface area contributed by atoms with E-state index in [1.807, 2.05) is 48.6 Å². The highest BCUT2D eigenvalue weighted by atomic mass is 32.2. The minimum absolute atomic E-state index is 0.00150. The van der Waals surface area contributed by atoms with Crippen LogP contribution in [0.2, 0.25) is 0 Å². The minimum Gasteiger partial charge on any atom is -0.375 e. The van der Waals surface area contributed by atoms with E-state index in [-0.39, 0.29) is 27.9 Å². The molecule has 6 nitrogen and oxygen atoms in total. The van der Waals surface area contributed by atoms with Crippen molar-refractivity contribution in [3.8, 4) is 16.9 Å². The highest BCUT2D eigenvalue weighted by molar-refractivity contribution is 7.88. The van der Waals surface area contributed by atoms with Gasteiger partial charge in [0, 0.05) is 35.3 Å². The molecule has 3 aromatic carbocycles. The third kappa shape index (κ3) is 5.44. The van der Waals surface area contributed by atoms with E-state index >= 15 is 0 Å². The van der Waals surface area contributed by atoms with Crippen LogP contribution in [-0.4, -0.2) is 28.7 Å². The molecule has 0 amide bonds. The largest absolute Gasteiger partial charge is 0.534 e. The lowest BCUT2D eigenvalue weighted by atomic mass is 9.70. The molecule has 1 aliphatic rings. The first kappa shape index (κ1) is 31.1. The maximum Gasteiger partial charge on any atom is 0.534 e. The highest BCUT2D eigenvalue weighted by Crippen LogP contribution is 2.47. The van der Waals surface area contributed by atoms with Gasteiger partial charge in [-0.25, -0.2) is 0 Å². The molecule has 1 aliphatic carbocycles. The molecule has 46 heavy (non-hydrogen) atoms. The lowest BCUT2D eigenvalue weighted by Crippen LogP contribution is -2.43. The quantitative estimate of drug-likeness (QED) is 0.100. The first-order valence-electron chi connectivity index (χ1n) is 13.8. The van der Waals surface area contributed by atoms with Gasteiger partial charge in [-0.2, -0.15) is 39.9 Å². The van der Waals surface area contributed by atoms with Crippen molar-refractivity contribution in [1.29, 1.82) is 0 Å². The predicted molar refractivity (Wildman–Crippen MR) is 159 cm³/mol. The molecule has 1 unspecified atom stereocenters. The standard InChI is InChI=1S/C33H23F6N3O3S/c34-32(35,36)30-27(22-16-17-28-26(20-22)29(18-19-40-28)45-46(43,44)33(37,38)39)21-42(41-30)31(23-10-4-1-5-11-23,24-12-6-2-7-13-24)25-14-8-3-9-15-25/h1-14,16-21,25H,15H2. The number of benzene rings is 3. The van der Waals surface area contributed by atoms with E-state index in [0.717, 1.165) is 18.3 Å². The maximum atomic E-state index is 14.8. The van der Waals surface area contributed by atoms with Crippen molar-refractivity contribution in [3.63, 3.8) is 0 Å². The Kier molecular flexibility index (Phi) is 7.75. The summed E-state index contributed by atoms with van der Waals surface area (Å²) < 4.78 is 113. The third-order valence-electron chi connectivity index (χ3n) is 7.78. The molecule has 0 aliphatic heterocycles. The molecule has 6 rings (SSSR count). The smallest absolute Gasteiger partial charge is 0.375 e. The van der Waals surface area contributed by atoms with Gasteiger partial charge >= 0.3 is 21.8 Å². The monoisotopic (exact) mass is 655 g/mol. The fourth-order valence-electron chi connectivity index (χ4n) is 5.81. The Hall–Kier alpha value is -4.91. The molecule has 13 heteroatoms. The molecule has 1 atom stereocenters. The maximum absolute atomic E-state index is 14.8. The molecule has 2 heterocycles. The van der Waals surface area contributed by atoms with E-state index in [9.17, 15) is 34.8 Å². The van der Waals surface area contributed by atoms with Gasteiger partial charge in [0.05, 0.1) is 5.52 Å². The van der Waals surface area contributed by atoms with Gasteiger partial charge in [0.1, 0.15) is 5.54 Å². The van der Waals surface area contributed by atoms with Crippen LogP contribution < -0.4 is 4.18 Å². The van der Waals surface area contributed by atoms with Crippen molar-refractivity contribution in [1.82, 2.24) is 14.8 Å². The minimum atomic E-state index is -6.08. The van der Waals surface area contributed by atoms with E-state index in [1.165, 1.54) is 23.0 Å². The molecule has 0 spiro atoms. The third-order valence-corrected chi connectivity index (χ3v) is 8.75. The van der Waals surface area contributed by atoms with Crippen molar-refractivity contribution in [3.05, 3.63) is 138 Å². The van der Waals surface area contributed by atoms with E-state index in [0.29, 0.717) is 17.5 Å². The van der Waals surface area contributed by atoms with Gasteiger partial charge in [0.25, 0.3) is 0 Å². The molecule has 5 aromatic rings. The number of fused-ring (bicyclic) bond motifs is 1. The van der Waals surface area contributed by atoms with Crippen LogP contribution in [0.3, 0.4) is 0 Å². The average Bonchev–Trinajstić information content (AvgIpc) is 3.49. The van der Waals surface area contributed by atoms with E-state index in [2.05, 4.69) is 14.3 Å². The number of allylic oxidation sites excluding steroid dienone is 4. The molecule has 0 fully saturated rings. The fourth-order valence-corrected chi connectivity index (χ4v) is 6.28. The second kappa shape index (κ2) is 11.5. The van der Waals surface area contributed by atoms with Crippen molar-refractivity contribution in [2.75, 3.05) is 0 Å². The Morgan fingerprint density at radius 3 is 2.04 bits per heavy atom. The van der Waals surface area contributed by atoms with Gasteiger partial charge in [-0.1, -0.05) is 91.0 Å². The summed E-state index contributed by atoms with van der Waals surface area (Å²) in [5, 5.41) is 3.95. The summed E-state index contributed by atoms with van der Waals surface area (Å²) in [7, 11) is -6.08. The zero-order chi connectivity index (χ0) is 32.7. The van der Waals surface area contributed by atoms with Crippen LogP contribution in [0.25, 0.3) is 22.0 Å². The Balaban J connectivity index is 1.62. The number of hydrogen-bond donors (Lipinski definition) is 0. The number of alkyl halides is 6. The van der Waals surface area contributed by atoms with Crippen LogP contribution in [0.15, 0.2) is 122 Å². The fraction of sp³-hybridized carbons (Fsp3) is 0.152. The average molecular weight is 656 g/mol. The zero-order valence-corrected chi connectivity index (χ0v) is 24.4. The number of nitrogens with zero attached hydrogens (tertiary/aromatic N) is 3. The summed E-state index contributed by atoms with van der Waals surface area (Å²) in [5.74, 6) is -1.13. The van der Waals surface area contributed by atoms with Crippen LogP contribution in [-0.2, 0) is 21.8 Å². The van der Waals surface area contributed by atoms with Crippen molar-refractivity contribution >= 4 is 21.0 Å². The molecule has 0 radical (unpaired) electrons. The van der Waals surface area contributed by atoms with Crippen molar-refractivity contribution in [2.24, 2.45) is 5.92 Å². The van der Waals surface area contributed by atoms with E-state index in [4.69, 9.17) is 0 Å². The van der Waals surface area contributed by atoms with Crippen LogP contribution in [0.5, 0.6) is 5.75 Å². The SMILES string of the molecule is O=S(=O)(Oc1ccnc2ccc(-c3cn(C(c4ccccc4)(c4ccccc4)C4C=CC=CC4)nc3C(F)(F)F)cc12)C(F)(F)F. The van der Waals surface area contributed by atoms with Crippen molar-refractivity contribution in [2.45, 2.75) is 23.6 Å². The first-order valence-corrected chi connectivity index (χ1v) is 15.2.